The van der Waals surface area contributed by atoms with Crippen LogP contribution < -0.4 is 10.1 Å². The average molecular weight is 461 g/mol. The van der Waals surface area contributed by atoms with Crippen LogP contribution in [0.1, 0.15) is 21.9 Å². The van der Waals surface area contributed by atoms with E-state index in [1.807, 2.05) is 0 Å². The predicted molar refractivity (Wildman–Crippen MR) is 113 cm³/mol. The number of carbonyl (C=O) groups is 1. The summed E-state index contributed by atoms with van der Waals surface area (Å²) in [5.41, 5.74) is 1.38. The van der Waals surface area contributed by atoms with E-state index in [2.05, 4.69) is 15.3 Å². The average Bonchev–Trinajstić information content (AvgIpc) is 3.17. The lowest BCUT2D eigenvalue weighted by Gasteiger charge is -2.12. The number of aromatic nitrogens is 3. The Labute approximate surface area is 185 Å². The molecular formula is C22H16ClF3N4O2. The number of methoxy groups -OCH3 is 1. The number of benzene rings is 2. The van der Waals surface area contributed by atoms with Crippen LogP contribution >= 0.6 is 11.6 Å². The molecule has 2 aromatic heterocycles. The molecule has 0 aliphatic heterocycles. The number of nitrogens with zero attached hydrogens (tertiary/aromatic N) is 3. The lowest BCUT2D eigenvalue weighted by molar-refractivity contribution is -0.145. The maximum atomic E-state index is 13.6. The van der Waals surface area contributed by atoms with Crippen molar-refractivity contribution in [3.05, 3.63) is 82.9 Å². The van der Waals surface area contributed by atoms with Crippen molar-refractivity contribution in [3.8, 4) is 11.4 Å². The van der Waals surface area contributed by atoms with E-state index in [1.165, 1.54) is 37.6 Å². The molecular weight excluding hydrogens is 445 g/mol. The number of halogens is 4. The van der Waals surface area contributed by atoms with Crippen molar-refractivity contribution in [2.24, 2.45) is 0 Å². The first-order chi connectivity index (χ1) is 15.3. The summed E-state index contributed by atoms with van der Waals surface area (Å²) < 4.78 is 47.0. The molecule has 0 bridgehead atoms. The Balaban J connectivity index is 1.61. The van der Waals surface area contributed by atoms with E-state index in [0.717, 1.165) is 4.57 Å². The van der Waals surface area contributed by atoms with E-state index in [9.17, 15) is 18.0 Å². The zero-order valence-electron chi connectivity index (χ0n) is 16.7. The van der Waals surface area contributed by atoms with Gasteiger partial charge < -0.3 is 10.1 Å². The van der Waals surface area contributed by atoms with Crippen LogP contribution in [-0.2, 0) is 12.7 Å². The van der Waals surface area contributed by atoms with E-state index in [0.29, 0.717) is 22.0 Å². The van der Waals surface area contributed by atoms with Crippen LogP contribution in [0.15, 0.2) is 60.8 Å². The van der Waals surface area contributed by atoms with E-state index < -0.39 is 12.0 Å². The van der Waals surface area contributed by atoms with E-state index in [1.54, 1.807) is 30.3 Å². The first-order valence-electron chi connectivity index (χ1n) is 9.39. The van der Waals surface area contributed by atoms with Gasteiger partial charge in [0.1, 0.15) is 5.75 Å². The lowest BCUT2D eigenvalue weighted by atomic mass is 10.2. The van der Waals surface area contributed by atoms with Crippen LogP contribution in [0.25, 0.3) is 16.7 Å². The van der Waals surface area contributed by atoms with Gasteiger partial charge in [0, 0.05) is 6.07 Å². The second-order valence-corrected chi connectivity index (χ2v) is 7.20. The number of pyridine rings is 1. The van der Waals surface area contributed by atoms with Crippen molar-refractivity contribution in [3.63, 3.8) is 0 Å². The number of hydrogen-bond donors (Lipinski definition) is 1. The summed E-state index contributed by atoms with van der Waals surface area (Å²) >= 11 is 6.01. The van der Waals surface area contributed by atoms with Gasteiger partial charge in [-0.15, -0.1) is 0 Å². The number of amides is 1. The summed E-state index contributed by atoms with van der Waals surface area (Å²) in [7, 11) is 1.43. The topological polar surface area (TPSA) is 69.0 Å². The molecule has 0 radical (unpaired) electrons. The Hall–Kier alpha value is -3.59. The quantitative estimate of drug-likeness (QED) is 0.453. The minimum Gasteiger partial charge on any atom is -0.497 e. The first-order valence-corrected chi connectivity index (χ1v) is 9.77. The van der Waals surface area contributed by atoms with Crippen LogP contribution in [-0.4, -0.2) is 27.6 Å². The number of alkyl halides is 3. The van der Waals surface area contributed by atoms with Gasteiger partial charge in [-0.1, -0.05) is 23.7 Å². The lowest BCUT2D eigenvalue weighted by Crippen LogP contribution is -2.23. The summed E-state index contributed by atoms with van der Waals surface area (Å²) in [6.45, 7) is 0.0817. The summed E-state index contributed by atoms with van der Waals surface area (Å²) in [6.07, 6.45) is -3.37. The van der Waals surface area contributed by atoms with Crippen LogP contribution in [0.5, 0.6) is 5.75 Å². The van der Waals surface area contributed by atoms with Crippen molar-refractivity contribution in [1.82, 2.24) is 19.9 Å². The number of hydrogen-bond acceptors (Lipinski definition) is 4. The molecule has 0 aliphatic rings. The zero-order valence-corrected chi connectivity index (χ0v) is 17.4. The molecule has 164 valence electrons. The van der Waals surface area contributed by atoms with Gasteiger partial charge in [0.25, 0.3) is 5.91 Å². The second kappa shape index (κ2) is 8.51. The van der Waals surface area contributed by atoms with Crippen LogP contribution in [0, 0.1) is 0 Å². The minimum absolute atomic E-state index is 0.0817. The standard InChI is InChI=1S/C22H16ClF3N4O2/c1-32-15-8-9-19-18(10-15)29-21(22(24,25)26)30(19)14-7-6-13(27-12-14)11-28-20(31)16-4-2-3-5-17(16)23/h2-10,12H,11H2,1H3,(H,28,31). The molecule has 0 aliphatic carbocycles. The minimum atomic E-state index is -4.67. The molecule has 0 saturated heterocycles. The second-order valence-electron chi connectivity index (χ2n) is 6.79. The molecule has 32 heavy (non-hydrogen) atoms. The molecule has 1 N–H and O–H groups in total. The summed E-state index contributed by atoms with van der Waals surface area (Å²) in [6, 6.07) is 14.1. The molecule has 2 heterocycles. The normalized spacial score (nSPS) is 11.5. The largest absolute Gasteiger partial charge is 0.497 e. The van der Waals surface area contributed by atoms with Gasteiger partial charge in [0.15, 0.2) is 0 Å². The molecule has 0 saturated carbocycles. The molecule has 0 fully saturated rings. The SMILES string of the molecule is COc1ccc2c(c1)nc(C(F)(F)F)n2-c1ccc(CNC(=O)c2ccccc2Cl)nc1. The number of carbonyl (C=O) groups excluding carboxylic acids is 1. The number of rotatable bonds is 5. The van der Waals surface area contributed by atoms with Crippen molar-refractivity contribution < 1.29 is 22.7 Å². The van der Waals surface area contributed by atoms with Gasteiger partial charge in [0.05, 0.1) is 52.9 Å². The number of fused-ring (bicyclic) bond motifs is 1. The number of ether oxygens (including phenoxy) is 1. The van der Waals surface area contributed by atoms with E-state index in [-0.39, 0.29) is 29.2 Å². The molecule has 0 atom stereocenters. The third-order valence-corrected chi connectivity index (χ3v) is 5.06. The highest BCUT2D eigenvalue weighted by Crippen LogP contribution is 2.34. The Morgan fingerprint density at radius 3 is 2.59 bits per heavy atom. The maximum Gasteiger partial charge on any atom is 0.450 e. The maximum absolute atomic E-state index is 13.6. The molecule has 1 amide bonds. The molecule has 2 aromatic carbocycles. The first kappa shape index (κ1) is 21.6. The zero-order chi connectivity index (χ0) is 22.9. The number of nitrogens with one attached hydrogen (secondary N) is 1. The van der Waals surface area contributed by atoms with Gasteiger partial charge in [-0.25, -0.2) is 4.98 Å². The predicted octanol–water partition coefficient (Wildman–Crippen LogP) is 5.03. The van der Waals surface area contributed by atoms with Crippen molar-refractivity contribution in [2.45, 2.75) is 12.7 Å². The molecule has 10 heteroatoms. The van der Waals surface area contributed by atoms with E-state index >= 15 is 0 Å². The molecule has 4 aromatic rings. The monoisotopic (exact) mass is 460 g/mol. The smallest absolute Gasteiger partial charge is 0.450 e. The third-order valence-electron chi connectivity index (χ3n) is 4.73. The Kier molecular flexibility index (Phi) is 5.75. The highest BCUT2D eigenvalue weighted by molar-refractivity contribution is 6.33. The third kappa shape index (κ3) is 4.24. The molecule has 6 nitrogen and oxygen atoms in total. The fourth-order valence-corrected chi connectivity index (χ4v) is 3.43. The Morgan fingerprint density at radius 2 is 1.94 bits per heavy atom. The summed E-state index contributed by atoms with van der Waals surface area (Å²) in [5.74, 6) is -1.05. The summed E-state index contributed by atoms with van der Waals surface area (Å²) in [4.78, 5) is 20.2. The van der Waals surface area contributed by atoms with Crippen LogP contribution in [0.4, 0.5) is 13.2 Å². The highest BCUT2D eigenvalue weighted by atomic mass is 35.5. The van der Waals surface area contributed by atoms with Gasteiger partial charge in [-0.3, -0.25) is 14.3 Å². The molecule has 0 spiro atoms. The fraction of sp³-hybridized carbons (Fsp3) is 0.136. The van der Waals surface area contributed by atoms with Gasteiger partial charge in [-0.2, -0.15) is 13.2 Å². The number of imidazole rings is 1. The summed E-state index contributed by atoms with van der Waals surface area (Å²) in [5, 5.41) is 3.01. The van der Waals surface area contributed by atoms with Gasteiger partial charge in [0.2, 0.25) is 5.82 Å². The van der Waals surface area contributed by atoms with Crippen molar-refractivity contribution in [2.75, 3.05) is 7.11 Å². The highest BCUT2D eigenvalue weighted by Gasteiger charge is 2.38. The fourth-order valence-electron chi connectivity index (χ4n) is 3.20. The molecule has 0 unspecified atom stereocenters. The van der Waals surface area contributed by atoms with Crippen molar-refractivity contribution in [1.29, 1.82) is 0 Å². The van der Waals surface area contributed by atoms with Crippen LogP contribution in [0.3, 0.4) is 0 Å². The Bertz CT molecular complexity index is 1290. The van der Waals surface area contributed by atoms with Crippen LogP contribution in [0.2, 0.25) is 5.02 Å². The Morgan fingerprint density at radius 1 is 1.16 bits per heavy atom. The van der Waals surface area contributed by atoms with Gasteiger partial charge >= 0.3 is 6.18 Å². The van der Waals surface area contributed by atoms with E-state index in [4.69, 9.17) is 16.3 Å². The molecule has 4 rings (SSSR count). The van der Waals surface area contributed by atoms with Gasteiger partial charge in [-0.05, 0) is 36.4 Å². The van der Waals surface area contributed by atoms with Crippen molar-refractivity contribution >= 4 is 28.5 Å².